The smallest absolute Gasteiger partial charge is 0.417 e. The second kappa shape index (κ2) is 9.65. The van der Waals surface area contributed by atoms with Crippen LogP contribution in [0.3, 0.4) is 0 Å². The number of carbonyl (C=O) groups is 1. The van der Waals surface area contributed by atoms with E-state index >= 15 is 0 Å². The summed E-state index contributed by atoms with van der Waals surface area (Å²) in [6, 6.07) is 9.25. The number of nitrogens with zero attached hydrogens (tertiary/aromatic N) is 1. The molecule has 0 unspecified atom stereocenters. The number of halogens is 4. The van der Waals surface area contributed by atoms with E-state index < -0.39 is 32.7 Å². The van der Waals surface area contributed by atoms with Gasteiger partial charge in [-0.25, -0.2) is 8.42 Å². The number of rotatable bonds is 6. The summed E-state index contributed by atoms with van der Waals surface area (Å²) in [5, 5.41) is 2.00. The first-order valence-corrected chi connectivity index (χ1v) is 11.5. The second-order valence-corrected chi connectivity index (χ2v) is 9.59. The zero-order valence-electron chi connectivity index (χ0n) is 17.1. The maximum Gasteiger partial charge on any atom is 0.417 e. The van der Waals surface area contributed by atoms with Crippen molar-refractivity contribution in [2.75, 3.05) is 45.2 Å². The molecule has 3 rings (SSSR count). The van der Waals surface area contributed by atoms with Gasteiger partial charge in [0, 0.05) is 5.69 Å². The van der Waals surface area contributed by atoms with Crippen LogP contribution in [0.15, 0.2) is 47.4 Å². The van der Waals surface area contributed by atoms with Gasteiger partial charge in [-0.3, -0.25) is 4.79 Å². The monoisotopic (exact) mass is 492 g/mol. The van der Waals surface area contributed by atoms with Gasteiger partial charge in [0.05, 0.1) is 48.8 Å². The lowest BCUT2D eigenvalue weighted by Crippen LogP contribution is -3.15. The molecule has 12 heteroatoms. The number of carbonyl (C=O) groups excluding carboxylic acids is 1. The molecule has 0 aromatic heterocycles. The fourth-order valence-corrected chi connectivity index (χ4v) is 5.03. The second-order valence-electron chi connectivity index (χ2n) is 7.25. The van der Waals surface area contributed by atoms with E-state index in [2.05, 4.69) is 5.32 Å². The highest BCUT2D eigenvalue weighted by Gasteiger charge is 2.34. The van der Waals surface area contributed by atoms with Gasteiger partial charge in [-0.15, -0.1) is 0 Å². The Labute approximate surface area is 188 Å². The number of hydrogen-bond donors (Lipinski definition) is 2. The van der Waals surface area contributed by atoms with Gasteiger partial charge in [-0.2, -0.15) is 17.5 Å². The van der Waals surface area contributed by atoms with Gasteiger partial charge in [0.2, 0.25) is 10.0 Å². The predicted molar refractivity (Wildman–Crippen MR) is 112 cm³/mol. The molecule has 0 radical (unpaired) electrons. The number of anilines is 1. The molecular weight excluding hydrogens is 471 g/mol. The number of sulfonamides is 1. The molecule has 0 saturated carbocycles. The molecule has 1 aliphatic heterocycles. The van der Waals surface area contributed by atoms with Gasteiger partial charge in [0.25, 0.3) is 5.91 Å². The minimum absolute atomic E-state index is 0.000398. The average molecular weight is 493 g/mol. The summed E-state index contributed by atoms with van der Waals surface area (Å²) in [5.41, 5.74) is -1.03. The lowest BCUT2D eigenvalue weighted by atomic mass is 10.2. The average Bonchev–Trinajstić information content (AvgIpc) is 2.74. The number of hydrogen-bond acceptors (Lipinski definition) is 4. The van der Waals surface area contributed by atoms with E-state index in [0.29, 0.717) is 18.8 Å². The topological polar surface area (TPSA) is 80.2 Å². The Morgan fingerprint density at radius 1 is 1.16 bits per heavy atom. The molecule has 174 valence electrons. The first-order valence-electron chi connectivity index (χ1n) is 9.65. The summed E-state index contributed by atoms with van der Waals surface area (Å²) in [6.07, 6.45) is -4.63. The fourth-order valence-electron chi connectivity index (χ4n) is 3.37. The van der Waals surface area contributed by atoms with Crippen LogP contribution >= 0.6 is 11.6 Å². The molecule has 0 aliphatic carbocycles. The maximum atomic E-state index is 13.0. The van der Waals surface area contributed by atoms with Crippen molar-refractivity contribution in [1.82, 2.24) is 4.31 Å². The van der Waals surface area contributed by atoms with Crippen LogP contribution < -0.4 is 15.0 Å². The van der Waals surface area contributed by atoms with Crippen molar-refractivity contribution >= 4 is 33.2 Å². The third-order valence-corrected chi connectivity index (χ3v) is 7.34. The van der Waals surface area contributed by atoms with Crippen molar-refractivity contribution in [2.45, 2.75) is 11.1 Å². The lowest BCUT2D eigenvalue weighted by molar-refractivity contribution is -0.895. The van der Waals surface area contributed by atoms with Crippen molar-refractivity contribution in [1.29, 1.82) is 0 Å². The minimum atomic E-state index is -4.63. The molecule has 32 heavy (non-hydrogen) atoms. The summed E-state index contributed by atoms with van der Waals surface area (Å²) >= 11 is 5.59. The number of nitrogens with one attached hydrogen (secondary N) is 2. The number of methoxy groups -OCH3 is 1. The normalized spacial score (nSPS) is 16.0. The molecule has 0 bridgehead atoms. The van der Waals surface area contributed by atoms with Gasteiger partial charge in [-0.1, -0.05) is 11.6 Å². The Hall–Kier alpha value is -2.34. The Kier molecular flexibility index (Phi) is 7.33. The standard InChI is InChI=1S/C20H21ClF3N3O4S/c1-31-15-3-5-16(6-4-15)32(29,30)27-10-8-26(9-11-27)13-19(28)25-14-2-7-18(21)17(12-14)20(22,23)24/h2-7,12H,8-11,13H2,1H3,(H,25,28)/p+1. The molecule has 2 aromatic carbocycles. The largest absolute Gasteiger partial charge is 0.497 e. The summed E-state index contributed by atoms with van der Waals surface area (Å²) < 4.78 is 70.9. The zero-order chi connectivity index (χ0) is 23.5. The van der Waals surface area contributed by atoms with Crippen LogP contribution in [-0.4, -0.2) is 58.5 Å². The van der Waals surface area contributed by atoms with Gasteiger partial charge < -0.3 is 15.0 Å². The van der Waals surface area contributed by atoms with Crippen molar-refractivity contribution < 1.29 is 36.0 Å². The van der Waals surface area contributed by atoms with Crippen LogP contribution in [0, 0.1) is 0 Å². The summed E-state index contributed by atoms with van der Waals surface area (Å²) in [5.74, 6) is 0.0779. The summed E-state index contributed by atoms with van der Waals surface area (Å²) in [4.78, 5) is 13.3. The molecule has 1 saturated heterocycles. The predicted octanol–water partition coefficient (Wildman–Crippen LogP) is 1.90. The highest BCUT2D eigenvalue weighted by molar-refractivity contribution is 7.89. The van der Waals surface area contributed by atoms with Crippen molar-refractivity contribution in [3.05, 3.63) is 53.1 Å². The number of alkyl halides is 3. The number of benzene rings is 2. The van der Waals surface area contributed by atoms with Gasteiger partial charge >= 0.3 is 6.18 Å². The first-order chi connectivity index (χ1) is 15.0. The van der Waals surface area contributed by atoms with Crippen molar-refractivity contribution in [3.63, 3.8) is 0 Å². The molecule has 2 N–H and O–H groups in total. The molecule has 0 spiro atoms. The number of quaternary nitrogens is 1. The van der Waals surface area contributed by atoms with Crippen LogP contribution in [0.4, 0.5) is 18.9 Å². The molecule has 7 nitrogen and oxygen atoms in total. The Morgan fingerprint density at radius 2 is 1.78 bits per heavy atom. The van der Waals surface area contributed by atoms with E-state index in [1.165, 1.54) is 29.6 Å². The van der Waals surface area contributed by atoms with Crippen LogP contribution in [0.25, 0.3) is 0 Å². The van der Waals surface area contributed by atoms with Crippen LogP contribution in [0.2, 0.25) is 5.02 Å². The first kappa shape index (κ1) is 24.3. The van der Waals surface area contributed by atoms with E-state index in [1.54, 1.807) is 12.1 Å². The van der Waals surface area contributed by atoms with Crippen LogP contribution in [0.5, 0.6) is 5.75 Å². The summed E-state index contributed by atoms with van der Waals surface area (Å²) in [7, 11) is -2.18. The van der Waals surface area contributed by atoms with E-state index in [0.717, 1.165) is 17.0 Å². The minimum Gasteiger partial charge on any atom is -0.497 e. The Bertz CT molecular complexity index is 1070. The van der Waals surface area contributed by atoms with Gasteiger partial charge in [0.1, 0.15) is 5.75 Å². The number of piperazine rings is 1. The lowest BCUT2D eigenvalue weighted by Gasteiger charge is -2.31. The van der Waals surface area contributed by atoms with Crippen molar-refractivity contribution in [3.8, 4) is 5.75 Å². The van der Waals surface area contributed by atoms with Gasteiger partial charge in [-0.05, 0) is 42.5 Å². The highest BCUT2D eigenvalue weighted by atomic mass is 35.5. The van der Waals surface area contributed by atoms with E-state index in [4.69, 9.17) is 16.3 Å². The fraction of sp³-hybridized carbons (Fsp3) is 0.350. The third kappa shape index (κ3) is 5.71. The van der Waals surface area contributed by atoms with Gasteiger partial charge in [0.15, 0.2) is 6.54 Å². The molecular formula is C20H22ClF3N3O4S+. The SMILES string of the molecule is COc1ccc(S(=O)(=O)N2CC[NH+](CC(=O)Nc3ccc(Cl)c(C(F)(F)F)c3)CC2)cc1. The van der Waals surface area contributed by atoms with E-state index in [-0.39, 0.29) is 30.2 Å². The van der Waals surface area contributed by atoms with E-state index in [9.17, 15) is 26.4 Å². The van der Waals surface area contributed by atoms with Crippen molar-refractivity contribution in [2.24, 2.45) is 0 Å². The zero-order valence-corrected chi connectivity index (χ0v) is 18.6. The Morgan fingerprint density at radius 3 is 2.34 bits per heavy atom. The third-order valence-electron chi connectivity index (χ3n) is 5.09. The molecule has 2 aromatic rings. The van der Waals surface area contributed by atoms with Crippen LogP contribution in [-0.2, 0) is 21.0 Å². The molecule has 1 fully saturated rings. The molecule has 1 heterocycles. The van der Waals surface area contributed by atoms with E-state index in [1.807, 2.05) is 0 Å². The maximum absolute atomic E-state index is 13.0. The number of ether oxygens (including phenoxy) is 1. The molecule has 1 amide bonds. The Balaban J connectivity index is 1.56. The number of amides is 1. The molecule has 0 atom stereocenters. The highest BCUT2D eigenvalue weighted by Crippen LogP contribution is 2.36. The quantitative estimate of drug-likeness (QED) is 0.645. The summed E-state index contributed by atoms with van der Waals surface area (Å²) in [6.45, 7) is 1.21. The molecule has 1 aliphatic rings. The van der Waals surface area contributed by atoms with Crippen LogP contribution in [0.1, 0.15) is 5.56 Å².